The fourth-order valence-electron chi connectivity index (χ4n) is 0.787. The molecule has 0 aromatic rings. The van der Waals surface area contributed by atoms with Gasteiger partial charge >= 0.3 is 0 Å². The Bertz CT molecular complexity index is 110. The highest BCUT2D eigenvalue weighted by Gasteiger charge is 2.20. The van der Waals surface area contributed by atoms with Crippen molar-refractivity contribution in [3.63, 3.8) is 0 Å². The van der Waals surface area contributed by atoms with E-state index < -0.39 is 6.17 Å². The molecule has 5 heteroatoms. The second-order valence-corrected chi connectivity index (χ2v) is 1.96. The molecule has 5 nitrogen and oxygen atoms in total. The molecule has 1 heterocycles. The molecule has 1 rings (SSSR count). The van der Waals surface area contributed by atoms with Gasteiger partial charge in [0.25, 0.3) is 6.17 Å². The molecule has 1 saturated heterocycles. The van der Waals surface area contributed by atoms with E-state index in [0.29, 0.717) is 13.1 Å². The smallest absolute Gasteiger partial charge is 0.278 e. The number of hydrogen-bond acceptors (Lipinski definition) is 4. The Labute approximate surface area is 52.6 Å². The van der Waals surface area contributed by atoms with Crippen molar-refractivity contribution in [1.29, 1.82) is 0 Å². The van der Waals surface area contributed by atoms with E-state index in [1.54, 1.807) is 0 Å². The highest BCUT2D eigenvalue weighted by Crippen LogP contribution is 1.85. The third kappa shape index (κ3) is 1.62. The molecule has 0 aromatic heterocycles. The van der Waals surface area contributed by atoms with E-state index in [4.69, 9.17) is 0 Å². The first kappa shape index (κ1) is 6.44. The van der Waals surface area contributed by atoms with Crippen LogP contribution in [0.1, 0.15) is 0 Å². The summed E-state index contributed by atoms with van der Waals surface area (Å²) in [4.78, 5) is 9.74. The zero-order valence-electron chi connectivity index (χ0n) is 4.96. The Kier molecular flexibility index (Phi) is 1.96. The molecule has 2 N–H and O–H groups in total. The molecule has 1 atom stereocenters. The van der Waals surface area contributed by atoms with Crippen LogP contribution in [0.3, 0.4) is 0 Å². The number of nitrogens with one attached hydrogen (secondary N) is 2. The van der Waals surface area contributed by atoms with E-state index in [1.807, 2.05) is 0 Å². The Balaban J connectivity index is 2.31. The standard InChI is InChI=1S/C4H9N3O2/c8-7(9)4-3-5-1-2-6-4/h4-6H,1-3H2. The van der Waals surface area contributed by atoms with Gasteiger partial charge in [0, 0.05) is 18.0 Å². The van der Waals surface area contributed by atoms with Gasteiger partial charge in [0.15, 0.2) is 0 Å². The molecule has 0 spiro atoms. The van der Waals surface area contributed by atoms with Gasteiger partial charge in [0.2, 0.25) is 0 Å². The van der Waals surface area contributed by atoms with Gasteiger partial charge in [-0.05, 0) is 0 Å². The molecule has 0 bridgehead atoms. The fraction of sp³-hybridized carbons (Fsp3) is 1.00. The first-order valence-corrected chi connectivity index (χ1v) is 2.88. The van der Waals surface area contributed by atoms with Crippen LogP contribution in [0, 0.1) is 10.1 Å². The normalized spacial score (nSPS) is 27.8. The van der Waals surface area contributed by atoms with Crippen molar-refractivity contribution in [2.45, 2.75) is 6.17 Å². The summed E-state index contributed by atoms with van der Waals surface area (Å²) in [6.45, 7) is 1.95. The average molecular weight is 131 g/mol. The van der Waals surface area contributed by atoms with Gasteiger partial charge in [0.05, 0.1) is 6.54 Å². The maximum absolute atomic E-state index is 10.1. The predicted molar refractivity (Wildman–Crippen MR) is 31.7 cm³/mol. The molecule has 0 radical (unpaired) electrons. The van der Waals surface area contributed by atoms with Crippen LogP contribution in [0.4, 0.5) is 0 Å². The van der Waals surface area contributed by atoms with Gasteiger partial charge in [-0.25, -0.2) is 0 Å². The van der Waals surface area contributed by atoms with Crippen molar-refractivity contribution in [3.05, 3.63) is 10.1 Å². The zero-order chi connectivity index (χ0) is 6.69. The van der Waals surface area contributed by atoms with Crippen molar-refractivity contribution in [3.8, 4) is 0 Å². The summed E-state index contributed by atoms with van der Waals surface area (Å²) >= 11 is 0. The summed E-state index contributed by atoms with van der Waals surface area (Å²) in [7, 11) is 0. The predicted octanol–water partition coefficient (Wildman–Crippen LogP) is -1.22. The van der Waals surface area contributed by atoms with Gasteiger partial charge in [-0.1, -0.05) is 0 Å². The molecule has 1 fully saturated rings. The monoisotopic (exact) mass is 131 g/mol. The van der Waals surface area contributed by atoms with Crippen LogP contribution in [-0.2, 0) is 0 Å². The number of nitro groups is 1. The molecule has 52 valence electrons. The zero-order valence-corrected chi connectivity index (χ0v) is 4.96. The highest BCUT2D eigenvalue weighted by atomic mass is 16.6. The summed E-state index contributed by atoms with van der Waals surface area (Å²) in [5.41, 5.74) is 0. The summed E-state index contributed by atoms with van der Waals surface area (Å²) in [6, 6.07) is 0. The van der Waals surface area contributed by atoms with Crippen molar-refractivity contribution < 1.29 is 4.92 Å². The van der Waals surface area contributed by atoms with Crippen LogP contribution in [-0.4, -0.2) is 30.7 Å². The van der Waals surface area contributed by atoms with Crippen LogP contribution in [0.5, 0.6) is 0 Å². The number of piperazine rings is 1. The van der Waals surface area contributed by atoms with Crippen molar-refractivity contribution >= 4 is 0 Å². The van der Waals surface area contributed by atoms with E-state index in [1.165, 1.54) is 0 Å². The second-order valence-electron chi connectivity index (χ2n) is 1.96. The summed E-state index contributed by atoms with van der Waals surface area (Å²) in [5, 5.41) is 15.7. The van der Waals surface area contributed by atoms with Gasteiger partial charge in [-0.3, -0.25) is 15.4 Å². The Morgan fingerprint density at radius 1 is 1.56 bits per heavy atom. The van der Waals surface area contributed by atoms with Crippen LogP contribution < -0.4 is 10.6 Å². The number of hydrogen-bond donors (Lipinski definition) is 2. The third-order valence-electron chi connectivity index (χ3n) is 1.27. The lowest BCUT2D eigenvalue weighted by atomic mass is 10.4. The van der Waals surface area contributed by atoms with Crippen molar-refractivity contribution in [2.24, 2.45) is 0 Å². The van der Waals surface area contributed by atoms with Crippen LogP contribution in [0.25, 0.3) is 0 Å². The first-order valence-electron chi connectivity index (χ1n) is 2.88. The lowest BCUT2D eigenvalue weighted by molar-refractivity contribution is -0.528. The van der Waals surface area contributed by atoms with Gasteiger partial charge < -0.3 is 5.32 Å². The number of rotatable bonds is 1. The summed E-state index contributed by atoms with van der Waals surface area (Å²) in [6.07, 6.45) is -0.584. The molecule has 0 amide bonds. The topological polar surface area (TPSA) is 67.2 Å². The molecule has 1 unspecified atom stereocenters. The summed E-state index contributed by atoms with van der Waals surface area (Å²) in [5.74, 6) is 0. The molecular formula is C4H9N3O2. The van der Waals surface area contributed by atoms with Gasteiger partial charge in [-0.15, -0.1) is 0 Å². The molecule has 9 heavy (non-hydrogen) atoms. The van der Waals surface area contributed by atoms with Crippen LogP contribution >= 0.6 is 0 Å². The van der Waals surface area contributed by atoms with Crippen LogP contribution in [0.2, 0.25) is 0 Å². The maximum atomic E-state index is 10.1. The molecule has 0 aliphatic carbocycles. The minimum atomic E-state index is -0.584. The molecular weight excluding hydrogens is 122 g/mol. The van der Waals surface area contributed by atoms with Gasteiger partial charge in [-0.2, -0.15) is 0 Å². The quantitative estimate of drug-likeness (QED) is 0.346. The van der Waals surface area contributed by atoms with Crippen molar-refractivity contribution in [1.82, 2.24) is 10.6 Å². The molecule has 0 aromatic carbocycles. The molecule has 1 aliphatic heterocycles. The highest BCUT2D eigenvalue weighted by molar-refractivity contribution is 4.65. The largest absolute Gasteiger partial charge is 0.308 e. The second kappa shape index (κ2) is 2.75. The minimum absolute atomic E-state index is 0.313. The third-order valence-corrected chi connectivity index (χ3v) is 1.27. The molecule has 1 aliphatic rings. The Morgan fingerprint density at radius 2 is 2.33 bits per heavy atom. The average Bonchev–Trinajstić information content (AvgIpc) is 1.90. The molecule has 0 saturated carbocycles. The fourth-order valence-corrected chi connectivity index (χ4v) is 0.787. The first-order chi connectivity index (χ1) is 4.30. The van der Waals surface area contributed by atoms with E-state index in [9.17, 15) is 10.1 Å². The minimum Gasteiger partial charge on any atom is -0.308 e. The number of nitrogens with zero attached hydrogens (tertiary/aromatic N) is 1. The van der Waals surface area contributed by atoms with Crippen molar-refractivity contribution in [2.75, 3.05) is 19.6 Å². The SMILES string of the molecule is O=[N+]([O-])C1CNCCN1. The van der Waals surface area contributed by atoms with E-state index >= 15 is 0 Å². The maximum Gasteiger partial charge on any atom is 0.278 e. The summed E-state index contributed by atoms with van der Waals surface area (Å²) < 4.78 is 0. The van der Waals surface area contributed by atoms with E-state index in [-0.39, 0.29) is 4.92 Å². The Hall–Kier alpha value is -0.680. The lowest BCUT2D eigenvalue weighted by Crippen LogP contribution is -2.52. The van der Waals surface area contributed by atoms with E-state index in [2.05, 4.69) is 10.6 Å². The van der Waals surface area contributed by atoms with Gasteiger partial charge in [0.1, 0.15) is 0 Å². The lowest BCUT2D eigenvalue weighted by Gasteiger charge is -2.16. The Morgan fingerprint density at radius 3 is 2.67 bits per heavy atom. The van der Waals surface area contributed by atoms with E-state index in [0.717, 1.165) is 6.54 Å². The van der Waals surface area contributed by atoms with Crippen LogP contribution in [0.15, 0.2) is 0 Å².